The summed E-state index contributed by atoms with van der Waals surface area (Å²) in [5.41, 5.74) is 10.3. The number of ether oxygens (including phenoxy) is 1. The smallest absolute Gasteiger partial charge is 0.193 e. The Bertz CT molecular complexity index is 612. The van der Waals surface area contributed by atoms with Crippen LogP contribution in [0, 0.1) is 6.92 Å². The van der Waals surface area contributed by atoms with Gasteiger partial charge in [-0.15, -0.1) is 24.0 Å². The highest BCUT2D eigenvalue weighted by molar-refractivity contribution is 14.0. The zero-order valence-corrected chi connectivity index (χ0v) is 15.2. The molecular weight excluding hydrogens is 389 g/mol. The van der Waals surface area contributed by atoms with E-state index in [4.69, 9.17) is 10.5 Å². The van der Waals surface area contributed by atoms with E-state index in [9.17, 15) is 0 Å². The Kier molecular flexibility index (Phi) is 7.90. The van der Waals surface area contributed by atoms with Crippen molar-refractivity contribution in [2.75, 3.05) is 12.4 Å². The molecule has 118 valence electrons. The zero-order valence-electron chi connectivity index (χ0n) is 12.9. The SMILES string of the molecule is COCc1ccccc1CN=C(N)Nc1ccc(C)cc1.I. The Morgan fingerprint density at radius 3 is 2.36 bits per heavy atom. The summed E-state index contributed by atoms with van der Waals surface area (Å²) in [5, 5.41) is 3.09. The standard InChI is InChI=1S/C17H21N3O.HI/c1-13-7-9-16(10-8-13)20-17(18)19-11-14-5-3-4-6-15(14)12-21-2;/h3-10H,11-12H2,1-2H3,(H3,18,19,20);1H. The fourth-order valence-electron chi connectivity index (χ4n) is 2.00. The van der Waals surface area contributed by atoms with E-state index in [1.807, 2.05) is 55.5 Å². The molecule has 0 atom stereocenters. The number of halogens is 1. The molecule has 0 aliphatic heterocycles. The molecule has 2 aromatic rings. The molecule has 2 rings (SSSR count). The largest absolute Gasteiger partial charge is 0.380 e. The maximum absolute atomic E-state index is 5.92. The molecule has 0 amide bonds. The lowest BCUT2D eigenvalue weighted by molar-refractivity contribution is 0.184. The molecule has 4 nitrogen and oxygen atoms in total. The topological polar surface area (TPSA) is 59.6 Å². The lowest BCUT2D eigenvalue weighted by Gasteiger charge is -2.08. The number of nitrogens with one attached hydrogen (secondary N) is 1. The molecule has 0 saturated heterocycles. The van der Waals surface area contributed by atoms with Crippen LogP contribution in [0.3, 0.4) is 0 Å². The Balaban J connectivity index is 0.00000242. The summed E-state index contributed by atoms with van der Waals surface area (Å²) >= 11 is 0. The first-order valence-electron chi connectivity index (χ1n) is 6.88. The van der Waals surface area contributed by atoms with Crippen molar-refractivity contribution < 1.29 is 4.74 Å². The average Bonchev–Trinajstić information content (AvgIpc) is 2.49. The summed E-state index contributed by atoms with van der Waals surface area (Å²) in [6.45, 7) is 3.16. The molecule has 0 bridgehead atoms. The van der Waals surface area contributed by atoms with Crippen molar-refractivity contribution in [1.82, 2.24) is 0 Å². The molecule has 0 fully saturated rings. The molecule has 0 radical (unpaired) electrons. The van der Waals surface area contributed by atoms with Crippen molar-refractivity contribution in [3.05, 3.63) is 65.2 Å². The molecule has 3 N–H and O–H groups in total. The molecule has 2 aromatic carbocycles. The van der Waals surface area contributed by atoms with Crippen molar-refractivity contribution >= 4 is 35.6 Å². The fourth-order valence-corrected chi connectivity index (χ4v) is 2.00. The molecule has 0 heterocycles. The van der Waals surface area contributed by atoms with E-state index in [2.05, 4.69) is 10.3 Å². The van der Waals surface area contributed by atoms with Crippen molar-refractivity contribution in [3.8, 4) is 0 Å². The van der Waals surface area contributed by atoms with Gasteiger partial charge >= 0.3 is 0 Å². The van der Waals surface area contributed by atoms with Gasteiger partial charge < -0.3 is 15.8 Å². The number of aliphatic imine (C=N–C) groups is 1. The van der Waals surface area contributed by atoms with Crippen LogP contribution in [0.1, 0.15) is 16.7 Å². The van der Waals surface area contributed by atoms with E-state index in [0.717, 1.165) is 16.8 Å². The minimum atomic E-state index is 0. The van der Waals surface area contributed by atoms with Crippen LogP contribution >= 0.6 is 24.0 Å². The first-order chi connectivity index (χ1) is 10.2. The maximum Gasteiger partial charge on any atom is 0.193 e. The van der Waals surface area contributed by atoms with Gasteiger partial charge in [0, 0.05) is 12.8 Å². The number of nitrogens with two attached hydrogens (primary N) is 1. The Morgan fingerprint density at radius 2 is 1.73 bits per heavy atom. The van der Waals surface area contributed by atoms with E-state index in [1.165, 1.54) is 5.56 Å². The van der Waals surface area contributed by atoms with E-state index in [0.29, 0.717) is 19.1 Å². The third-order valence-electron chi connectivity index (χ3n) is 3.16. The summed E-state index contributed by atoms with van der Waals surface area (Å²) in [7, 11) is 1.69. The number of methoxy groups -OCH3 is 1. The van der Waals surface area contributed by atoms with Crippen LogP contribution in [0.5, 0.6) is 0 Å². The minimum Gasteiger partial charge on any atom is -0.380 e. The molecule has 0 spiro atoms. The lowest BCUT2D eigenvalue weighted by Crippen LogP contribution is -2.22. The number of hydrogen-bond acceptors (Lipinski definition) is 2. The van der Waals surface area contributed by atoms with Gasteiger partial charge in [0.1, 0.15) is 0 Å². The number of anilines is 1. The summed E-state index contributed by atoms with van der Waals surface area (Å²) in [6.07, 6.45) is 0. The van der Waals surface area contributed by atoms with Gasteiger partial charge in [0.15, 0.2) is 5.96 Å². The van der Waals surface area contributed by atoms with Gasteiger partial charge in [0.25, 0.3) is 0 Å². The first-order valence-corrected chi connectivity index (χ1v) is 6.88. The van der Waals surface area contributed by atoms with Crippen LogP contribution in [0.15, 0.2) is 53.5 Å². The zero-order chi connectivity index (χ0) is 15.1. The predicted molar refractivity (Wildman–Crippen MR) is 103 cm³/mol. The van der Waals surface area contributed by atoms with Gasteiger partial charge in [-0.3, -0.25) is 0 Å². The monoisotopic (exact) mass is 411 g/mol. The Hall–Kier alpha value is -1.60. The number of rotatable bonds is 5. The van der Waals surface area contributed by atoms with Gasteiger partial charge in [-0.25, -0.2) is 4.99 Å². The van der Waals surface area contributed by atoms with Gasteiger partial charge in [0.2, 0.25) is 0 Å². The van der Waals surface area contributed by atoms with Crippen LogP contribution in [0.4, 0.5) is 5.69 Å². The Labute approximate surface area is 148 Å². The molecule has 0 aromatic heterocycles. The highest BCUT2D eigenvalue weighted by Crippen LogP contribution is 2.12. The number of nitrogens with zero attached hydrogens (tertiary/aromatic N) is 1. The lowest BCUT2D eigenvalue weighted by atomic mass is 10.1. The second-order valence-electron chi connectivity index (χ2n) is 4.89. The molecule has 5 heteroatoms. The molecule has 22 heavy (non-hydrogen) atoms. The average molecular weight is 411 g/mol. The number of aryl methyl sites for hydroxylation is 1. The van der Waals surface area contributed by atoms with Crippen LogP contribution in [0.2, 0.25) is 0 Å². The molecule has 0 saturated carbocycles. The summed E-state index contributed by atoms with van der Waals surface area (Å²) in [6, 6.07) is 16.1. The molecular formula is C17H22IN3O. The van der Waals surface area contributed by atoms with Crippen molar-refractivity contribution in [2.24, 2.45) is 10.7 Å². The van der Waals surface area contributed by atoms with Crippen molar-refractivity contribution in [2.45, 2.75) is 20.1 Å². The van der Waals surface area contributed by atoms with E-state index >= 15 is 0 Å². The summed E-state index contributed by atoms with van der Waals surface area (Å²) in [5.74, 6) is 0.408. The minimum absolute atomic E-state index is 0. The summed E-state index contributed by atoms with van der Waals surface area (Å²) < 4.78 is 5.19. The van der Waals surface area contributed by atoms with Crippen molar-refractivity contribution in [1.29, 1.82) is 0 Å². The van der Waals surface area contributed by atoms with E-state index in [1.54, 1.807) is 7.11 Å². The van der Waals surface area contributed by atoms with E-state index < -0.39 is 0 Å². The summed E-state index contributed by atoms with van der Waals surface area (Å²) in [4.78, 5) is 4.38. The van der Waals surface area contributed by atoms with Crippen LogP contribution in [-0.2, 0) is 17.9 Å². The van der Waals surface area contributed by atoms with Gasteiger partial charge in [-0.2, -0.15) is 0 Å². The van der Waals surface area contributed by atoms with Crippen LogP contribution in [-0.4, -0.2) is 13.1 Å². The molecule has 0 aliphatic rings. The number of hydrogen-bond donors (Lipinski definition) is 2. The fraction of sp³-hybridized carbons (Fsp3) is 0.235. The third-order valence-corrected chi connectivity index (χ3v) is 3.16. The molecule has 0 aliphatic carbocycles. The highest BCUT2D eigenvalue weighted by atomic mass is 127. The number of guanidine groups is 1. The molecule has 0 unspecified atom stereocenters. The first kappa shape index (κ1) is 18.4. The van der Waals surface area contributed by atoms with Gasteiger partial charge in [-0.1, -0.05) is 42.0 Å². The van der Waals surface area contributed by atoms with Crippen LogP contribution < -0.4 is 11.1 Å². The second kappa shape index (κ2) is 9.42. The van der Waals surface area contributed by atoms with Crippen molar-refractivity contribution in [3.63, 3.8) is 0 Å². The quantitative estimate of drug-likeness (QED) is 0.448. The maximum atomic E-state index is 5.92. The highest BCUT2D eigenvalue weighted by Gasteiger charge is 2.01. The second-order valence-corrected chi connectivity index (χ2v) is 4.89. The normalized spacial score (nSPS) is 10.9. The predicted octanol–water partition coefficient (Wildman–Crippen LogP) is 3.69. The van der Waals surface area contributed by atoms with Gasteiger partial charge in [-0.05, 0) is 30.2 Å². The number of benzene rings is 2. The van der Waals surface area contributed by atoms with E-state index in [-0.39, 0.29) is 24.0 Å². The third kappa shape index (κ3) is 5.65. The Morgan fingerprint density at radius 1 is 1.09 bits per heavy atom. The van der Waals surface area contributed by atoms with Gasteiger partial charge in [0.05, 0.1) is 13.2 Å². The van der Waals surface area contributed by atoms with Crippen LogP contribution in [0.25, 0.3) is 0 Å².